The van der Waals surface area contributed by atoms with E-state index in [1.807, 2.05) is 0 Å². The van der Waals surface area contributed by atoms with Gasteiger partial charge >= 0.3 is 5.97 Å². The molecular weight excluding hydrogens is 218 g/mol. The number of halogens is 3. The molecule has 0 N–H and O–H groups in total. The van der Waals surface area contributed by atoms with Crippen molar-refractivity contribution in [2.24, 2.45) is 0 Å². The second-order valence-electron chi connectivity index (χ2n) is 2.37. The van der Waals surface area contributed by atoms with Crippen LogP contribution >= 0.6 is 23.2 Å². The highest BCUT2D eigenvalue weighted by Gasteiger charge is 2.06. The predicted octanol–water partition coefficient (Wildman–Crippen LogP) is 2.96. The molecule has 0 bridgehead atoms. The molecule has 0 atom stereocenters. The Morgan fingerprint density at radius 3 is 2.62 bits per heavy atom. The van der Waals surface area contributed by atoms with Crippen LogP contribution in [0.25, 0.3) is 0 Å². The summed E-state index contributed by atoms with van der Waals surface area (Å²) in [6.07, 6.45) is -0.159. The fourth-order valence-electron chi connectivity index (χ4n) is 0.844. The zero-order valence-electron chi connectivity index (χ0n) is 6.39. The number of benzene rings is 1. The second kappa shape index (κ2) is 4.44. The Hall–Kier alpha value is -0.800. The Kier molecular flexibility index (Phi) is 3.51. The van der Waals surface area contributed by atoms with E-state index in [0.717, 1.165) is 0 Å². The molecule has 0 radical (unpaired) electrons. The lowest BCUT2D eigenvalue weighted by Crippen LogP contribution is -2.01. The summed E-state index contributed by atoms with van der Waals surface area (Å²) in [5, 5.41) is 0.713. The van der Waals surface area contributed by atoms with Gasteiger partial charge in [0.15, 0.2) is 0 Å². The molecule has 70 valence electrons. The van der Waals surface area contributed by atoms with Gasteiger partial charge in [-0.1, -0.05) is 29.3 Å². The van der Waals surface area contributed by atoms with Gasteiger partial charge in [-0.2, -0.15) is 0 Å². The molecule has 1 aromatic carbocycles. The molecule has 0 heterocycles. The molecule has 2 nitrogen and oxygen atoms in total. The molecule has 1 rings (SSSR count). The summed E-state index contributed by atoms with van der Waals surface area (Å²) in [5.74, 6) is -0.960. The molecule has 0 aliphatic rings. The first-order valence-electron chi connectivity index (χ1n) is 3.39. The van der Waals surface area contributed by atoms with Gasteiger partial charge in [-0.05, 0) is 17.7 Å². The van der Waals surface area contributed by atoms with Crippen LogP contribution in [0.15, 0.2) is 18.2 Å². The normalized spacial score (nSPS) is 9.77. The third kappa shape index (κ3) is 2.86. The molecule has 1 aromatic rings. The van der Waals surface area contributed by atoms with Crippen LogP contribution in [-0.4, -0.2) is 5.97 Å². The summed E-state index contributed by atoms with van der Waals surface area (Å²) in [6.45, 7) is 0. The Morgan fingerprint density at radius 2 is 2.08 bits per heavy atom. The van der Waals surface area contributed by atoms with E-state index in [1.165, 1.54) is 12.1 Å². The van der Waals surface area contributed by atoms with Gasteiger partial charge in [-0.15, -0.1) is 0 Å². The standard InChI is InChI=1S/C8H5Cl2FO2/c9-6-2-1-5(3-7(6)10)4-8(12)13-11/h1-3H,4H2. The maximum absolute atomic E-state index is 11.3. The molecule has 0 spiro atoms. The molecule has 0 aromatic heterocycles. The van der Waals surface area contributed by atoms with Crippen LogP contribution in [0.3, 0.4) is 0 Å². The fourth-order valence-corrected chi connectivity index (χ4v) is 1.16. The van der Waals surface area contributed by atoms with E-state index < -0.39 is 5.97 Å². The van der Waals surface area contributed by atoms with Crippen molar-refractivity contribution in [3.63, 3.8) is 0 Å². The maximum atomic E-state index is 11.3. The first-order valence-corrected chi connectivity index (χ1v) is 4.14. The van der Waals surface area contributed by atoms with Crippen molar-refractivity contribution in [3.05, 3.63) is 33.8 Å². The van der Waals surface area contributed by atoms with Crippen molar-refractivity contribution in [2.75, 3.05) is 0 Å². The topological polar surface area (TPSA) is 26.3 Å². The number of carbonyl (C=O) groups excluding carboxylic acids is 1. The first-order chi connectivity index (χ1) is 6.13. The van der Waals surface area contributed by atoms with Gasteiger partial charge in [0.25, 0.3) is 0 Å². The molecule has 0 aliphatic carbocycles. The third-order valence-electron chi connectivity index (χ3n) is 1.42. The summed E-state index contributed by atoms with van der Waals surface area (Å²) in [5.41, 5.74) is 0.553. The van der Waals surface area contributed by atoms with Crippen LogP contribution in [-0.2, 0) is 16.2 Å². The quantitative estimate of drug-likeness (QED) is 0.770. The average Bonchev–Trinajstić information content (AvgIpc) is 2.11. The van der Waals surface area contributed by atoms with Gasteiger partial charge in [0, 0.05) is 4.53 Å². The minimum atomic E-state index is -0.960. The van der Waals surface area contributed by atoms with Crippen LogP contribution in [0.2, 0.25) is 10.0 Å². The van der Waals surface area contributed by atoms with E-state index in [9.17, 15) is 9.32 Å². The number of carbonyl (C=O) groups is 1. The van der Waals surface area contributed by atoms with Gasteiger partial charge in [-0.25, -0.2) is 4.79 Å². The van der Waals surface area contributed by atoms with Crippen LogP contribution in [0.4, 0.5) is 4.53 Å². The van der Waals surface area contributed by atoms with E-state index in [2.05, 4.69) is 4.94 Å². The average molecular weight is 223 g/mol. The van der Waals surface area contributed by atoms with Gasteiger partial charge in [0.1, 0.15) is 0 Å². The van der Waals surface area contributed by atoms with Crippen molar-refractivity contribution in [1.82, 2.24) is 0 Å². The number of hydrogen-bond acceptors (Lipinski definition) is 2. The monoisotopic (exact) mass is 222 g/mol. The molecule has 0 saturated heterocycles. The SMILES string of the molecule is O=C(Cc1ccc(Cl)c(Cl)c1)OF. The second-order valence-corrected chi connectivity index (χ2v) is 3.19. The largest absolute Gasteiger partial charge is 0.353 e. The van der Waals surface area contributed by atoms with Gasteiger partial charge < -0.3 is 0 Å². The van der Waals surface area contributed by atoms with Crippen LogP contribution in [0, 0.1) is 0 Å². The Morgan fingerprint density at radius 1 is 1.38 bits per heavy atom. The summed E-state index contributed by atoms with van der Waals surface area (Å²) < 4.78 is 11.3. The van der Waals surface area contributed by atoms with E-state index in [4.69, 9.17) is 23.2 Å². The lowest BCUT2D eigenvalue weighted by molar-refractivity contribution is -0.182. The van der Waals surface area contributed by atoms with Crippen molar-refractivity contribution in [1.29, 1.82) is 0 Å². The highest BCUT2D eigenvalue weighted by molar-refractivity contribution is 6.42. The van der Waals surface area contributed by atoms with E-state index in [-0.39, 0.29) is 6.42 Å². The van der Waals surface area contributed by atoms with Crippen molar-refractivity contribution >= 4 is 29.2 Å². The molecule has 0 unspecified atom stereocenters. The first kappa shape index (κ1) is 10.3. The minimum absolute atomic E-state index is 0.159. The number of rotatable bonds is 2. The lowest BCUT2D eigenvalue weighted by atomic mass is 10.1. The zero-order chi connectivity index (χ0) is 9.84. The third-order valence-corrected chi connectivity index (χ3v) is 2.16. The van der Waals surface area contributed by atoms with Gasteiger partial charge in [0.2, 0.25) is 0 Å². The highest BCUT2D eigenvalue weighted by atomic mass is 35.5. The summed E-state index contributed by atoms with van der Waals surface area (Å²) in [7, 11) is 0. The maximum Gasteiger partial charge on any atom is 0.353 e. The summed E-state index contributed by atoms with van der Waals surface area (Å²) >= 11 is 11.3. The van der Waals surface area contributed by atoms with Crippen LogP contribution < -0.4 is 0 Å². The predicted molar refractivity (Wildman–Crippen MR) is 47.4 cm³/mol. The molecule has 13 heavy (non-hydrogen) atoms. The molecule has 0 saturated carbocycles. The van der Waals surface area contributed by atoms with Crippen molar-refractivity contribution in [3.8, 4) is 0 Å². The summed E-state index contributed by atoms with van der Waals surface area (Å²) in [4.78, 5) is 13.5. The number of hydrogen-bond donors (Lipinski definition) is 0. The zero-order valence-corrected chi connectivity index (χ0v) is 7.90. The van der Waals surface area contributed by atoms with Crippen molar-refractivity contribution in [2.45, 2.75) is 6.42 Å². The van der Waals surface area contributed by atoms with Crippen LogP contribution in [0.5, 0.6) is 0 Å². The molecule has 0 aliphatic heterocycles. The minimum Gasteiger partial charge on any atom is -0.255 e. The Balaban J connectivity index is 2.79. The van der Waals surface area contributed by atoms with E-state index in [0.29, 0.717) is 15.6 Å². The van der Waals surface area contributed by atoms with Crippen molar-refractivity contribution < 1.29 is 14.3 Å². The van der Waals surface area contributed by atoms with Gasteiger partial charge in [-0.3, -0.25) is 4.94 Å². The summed E-state index contributed by atoms with van der Waals surface area (Å²) in [6, 6.07) is 4.59. The van der Waals surface area contributed by atoms with E-state index >= 15 is 0 Å². The Bertz CT molecular complexity index is 328. The highest BCUT2D eigenvalue weighted by Crippen LogP contribution is 2.22. The lowest BCUT2D eigenvalue weighted by Gasteiger charge is -1.99. The van der Waals surface area contributed by atoms with Gasteiger partial charge in [0.05, 0.1) is 16.5 Å². The fraction of sp³-hybridized carbons (Fsp3) is 0.125. The Labute approximate surface area is 84.1 Å². The molecule has 5 heteroatoms. The molecule has 0 fully saturated rings. The molecular formula is C8H5Cl2FO2. The van der Waals surface area contributed by atoms with E-state index in [1.54, 1.807) is 6.07 Å². The van der Waals surface area contributed by atoms with Crippen LogP contribution in [0.1, 0.15) is 5.56 Å². The smallest absolute Gasteiger partial charge is 0.255 e. The molecule has 0 amide bonds.